The Labute approximate surface area is 202 Å². The molecule has 0 saturated carbocycles. The highest BCUT2D eigenvalue weighted by Crippen LogP contribution is 2.23. The highest BCUT2D eigenvalue weighted by molar-refractivity contribution is 6.32. The fraction of sp³-hybridized carbons (Fsp3) is 0.231. The van der Waals surface area contributed by atoms with Crippen molar-refractivity contribution in [2.24, 2.45) is 0 Å². The molecule has 3 aromatic carbocycles. The lowest BCUT2D eigenvalue weighted by atomic mass is 10.0. The first-order chi connectivity index (χ1) is 16.5. The van der Waals surface area contributed by atoms with E-state index in [9.17, 15) is 14.0 Å². The fourth-order valence-corrected chi connectivity index (χ4v) is 3.61. The summed E-state index contributed by atoms with van der Waals surface area (Å²) >= 11 is 6.14. The van der Waals surface area contributed by atoms with E-state index in [1.165, 1.54) is 17.0 Å². The number of amides is 2. The summed E-state index contributed by atoms with van der Waals surface area (Å²) in [5.74, 6) is -0.899. The van der Waals surface area contributed by atoms with Crippen molar-refractivity contribution in [2.45, 2.75) is 19.0 Å². The molecule has 3 rings (SSSR count). The van der Waals surface area contributed by atoms with Crippen LogP contribution in [0.2, 0.25) is 5.02 Å². The van der Waals surface area contributed by atoms with Crippen molar-refractivity contribution in [3.8, 4) is 5.75 Å². The SMILES string of the molecule is O=C(NCCO)[C@H](Cc1ccccc1)N(Cc1ccc(F)cc1)C(=O)COc1ccccc1Cl. The van der Waals surface area contributed by atoms with E-state index in [0.29, 0.717) is 16.3 Å². The lowest BCUT2D eigenvalue weighted by Crippen LogP contribution is -2.52. The zero-order chi connectivity index (χ0) is 24.3. The van der Waals surface area contributed by atoms with E-state index in [1.54, 1.807) is 36.4 Å². The topological polar surface area (TPSA) is 78.9 Å². The molecular formula is C26H26ClFN2O4. The number of carbonyl (C=O) groups excluding carboxylic acids is 2. The third-order valence-corrected chi connectivity index (χ3v) is 5.45. The smallest absolute Gasteiger partial charge is 0.261 e. The molecule has 1 atom stereocenters. The fourth-order valence-electron chi connectivity index (χ4n) is 3.42. The molecule has 0 spiro atoms. The van der Waals surface area contributed by atoms with Gasteiger partial charge in [0.05, 0.1) is 11.6 Å². The zero-order valence-electron chi connectivity index (χ0n) is 18.5. The summed E-state index contributed by atoms with van der Waals surface area (Å²) in [6.45, 7) is -0.456. The van der Waals surface area contributed by atoms with Gasteiger partial charge in [-0.25, -0.2) is 4.39 Å². The number of hydrogen-bond donors (Lipinski definition) is 2. The summed E-state index contributed by atoms with van der Waals surface area (Å²) < 4.78 is 19.1. The quantitative estimate of drug-likeness (QED) is 0.436. The highest BCUT2D eigenvalue weighted by atomic mass is 35.5. The number of ether oxygens (including phenoxy) is 1. The lowest BCUT2D eigenvalue weighted by Gasteiger charge is -2.31. The predicted octanol–water partition coefficient (Wildman–Crippen LogP) is 3.61. The average molecular weight is 485 g/mol. The standard InChI is InChI=1S/C26H26ClFN2O4/c27-22-8-4-5-9-24(22)34-18-25(32)30(17-20-10-12-21(28)13-11-20)23(26(33)29-14-15-31)16-19-6-2-1-3-7-19/h1-13,23,31H,14-18H2,(H,29,33)/t23-/m0/s1. The second kappa shape index (κ2) is 12.7. The zero-order valence-corrected chi connectivity index (χ0v) is 19.2. The van der Waals surface area contributed by atoms with Crippen LogP contribution in [0.3, 0.4) is 0 Å². The van der Waals surface area contributed by atoms with Gasteiger partial charge in [0, 0.05) is 19.5 Å². The Balaban J connectivity index is 1.89. The van der Waals surface area contributed by atoms with Crippen LogP contribution in [-0.4, -0.2) is 47.6 Å². The normalized spacial score (nSPS) is 11.5. The van der Waals surface area contributed by atoms with Crippen molar-refractivity contribution in [3.05, 3.63) is 101 Å². The highest BCUT2D eigenvalue weighted by Gasteiger charge is 2.30. The number of hydrogen-bond acceptors (Lipinski definition) is 4. The molecule has 34 heavy (non-hydrogen) atoms. The van der Waals surface area contributed by atoms with E-state index in [0.717, 1.165) is 5.56 Å². The van der Waals surface area contributed by atoms with Crippen LogP contribution < -0.4 is 10.1 Å². The van der Waals surface area contributed by atoms with Crippen LogP contribution in [0, 0.1) is 5.82 Å². The van der Waals surface area contributed by atoms with E-state index in [-0.39, 0.29) is 32.7 Å². The molecule has 6 nitrogen and oxygen atoms in total. The van der Waals surface area contributed by atoms with Crippen LogP contribution in [0.5, 0.6) is 5.75 Å². The third-order valence-electron chi connectivity index (χ3n) is 5.14. The Morgan fingerprint density at radius 1 is 0.971 bits per heavy atom. The van der Waals surface area contributed by atoms with Gasteiger partial charge < -0.3 is 20.1 Å². The van der Waals surface area contributed by atoms with Crippen LogP contribution >= 0.6 is 11.6 Å². The summed E-state index contributed by atoms with van der Waals surface area (Å²) in [6, 6.07) is 20.9. The van der Waals surface area contributed by atoms with Gasteiger partial charge in [-0.05, 0) is 35.4 Å². The molecule has 3 aromatic rings. The second-order valence-corrected chi connectivity index (χ2v) is 7.99. The number of benzene rings is 3. The maximum atomic E-state index is 13.4. The molecule has 2 N–H and O–H groups in total. The number of aliphatic hydroxyl groups is 1. The van der Waals surface area contributed by atoms with Gasteiger partial charge in [-0.1, -0.05) is 66.2 Å². The average Bonchev–Trinajstić information content (AvgIpc) is 2.85. The number of halogens is 2. The summed E-state index contributed by atoms with van der Waals surface area (Å²) in [7, 11) is 0. The number of rotatable bonds is 11. The minimum atomic E-state index is -0.888. The summed E-state index contributed by atoms with van der Waals surface area (Å²) in [5, 5.41) is 12.2. The van der Waals surface area contributed by atoms with E-state index in [1.807, 2.05) is 30.3 Å². The van der Waals surface area contributed by atoms with Crippen molar-refractivity contribution in [3.63, 3.8) is 0 Å². The van der Waals surface area contributed by atoms with Gasteiger partial charge in [-0.15, -0.1) is 0 Å². The first-order valence-corrected chi connectivity index (χ1v) is 11.2. The van der Waals surface area contributed by atoms with Gasteiger partial charge in [-0.3, -0.25) is 9.59 Å². The Kier molecular flexibility index (Phi) is 9.43. The summed E-state index contributed by atoms with van der Waals surface area (Å²) in [5.41, 5.74) is 1.51. The molecule has 2 amide bonds. The summed E-state index contributed by atoms with van der Waals surface area (Å²) in [4.78, 5) is 27.9. The second-order valence-electron chi connectivity index (χ2n) is 7.59. The molecule has 0 unspecified atom stereocenters. The molecule has 0 aliphatic rings. The van der Waals surface area contributed by atoms with Crippen LogP contribution in [-0.2, 0) is 22.6 Å². The van der Waals surface area contributed by atoms with Gasteiger partial charge in [0.2, 0.25) is 5.91 Å². The number of para-hydroxylation sites is 1. The van der Waals surface area contributed by atoms with E-state index in [4.69, 9.17) is 21.4 Å². The number of nitrogens with zero attached hydrogens (tertiary/aromatic N) is 1. The molecular weight excluding hydrogens is 459 g/mol. The Hall–Kier alpha value is -3.42. The van der Waals surface area contributed by atoms with E-state index >= 15 is 0 Å². The van der Waals surface area contributed by atoms with Crippen LogP contribution in [0.25, 0.3) is 0 Å². The first-order valence-electron chi connectivity index (χ1n) is 10.8. The van der Waals surface area contributed by atoms with Gasteiger partial charge >= 0.3 is 0 Å². The largest absolute Gasteiger partial charge is 0.482 e. The Bertz CT molecular complexity index is 1080. The van der Waals surface area contributed by atoms with Crippen LogP contribution in [0.4, 0.5) is 4.39 Å². The molecule has 178 valence electrons. The van der Waals surface area contributed by atoms with E-state index in [2.05, 4.69) is 5.32 Å². The maximum Gasteiger partial charge on any atom is 0.261 e. The van der Waals surface area contributed by atoms with Crippen LogP contribution in [0.1, 0.15) is 11.1 Å². The van der Waals surface area contributed by atoms with Crippen molar-refractivity contribution < 1.29 is 23.8 Å². The molecule has 0 aliphatic heterocycles. The van der Waals surface area contributed by atoms with Gasteiger partial charge in [0.15, 0.2) is 6.61 Å². The molecule has 8 heteroatoms. The van der Waals surface area contributed by atoms with Crippen molar-refractivity contribution in [1.29, 1.82) is 0 Å². The molecule has 0 heterocycles. The molecule has 0 bridgehead atoms. The van der Waals surface area contributed by atoms with Gasteiger partial charge in [0.1, 0.15) is 17.6 Å². The number of carbonyl (C=O) groups is 2. The third kappa shape index (κ3) is 7.30. The number of nitrogens with one attached hydrogen (secondary N) is 1. The molecule has 0 saturated heterocycles. The molecule has 0 radical (unpaired) electrons. The minimum absolute atomic E-state index is 0.0544. The van der Waals surface area contributed by atoms with Crippen molar-refractivity contribution in [2.75, 3.05) is 19.8 Å². The predicted molar refractivity (Wildman–Crippen MR) is 128 cm³/mol. The monoisotopic (exact) mass is 484 g/mol. The van der Waals surface area contributed by atoms with Gasteiger partial charge in [-0.2, -0.15) is 0 Å². The van der Waals surface area contributed by atoms with Gasteiger partial charge in [0.25, 0.3) is 5.91 Å². The summed E-state index contributed by atoms with van der Waals surface area (Å²) in [6.07, 6.45) is 0.247. The minimum Gasteiger partial charge on any atom is -0.482 e. The molecule has 0 aromatic heterocycles. The lowest BCUT2D eigenvalue weighted by molar-refractivity contribution is -0.142. The Morgan fingerprint density at radius 3 is 2.32 bits per heavy atom. The van der Waals surface area contributed by atoms with Crippen molar-refractivity contribution in [1.82, 2.24) is 10.2 Å². The molecule has 0 fully saturated rings. The maximum absolute atomic E-state index is 13.4. The molecule has 0 aliphatic carbocycles. The van der Waals surface area contributed by atoms with E-state index < -0.39 is 23.7 Å². The Morgan fingerprint density at radius 2 is 1.65 bits per heavy atom. The first kappa shape index (κ1) is 25.2. The number of aliphatic hydroxyl groups excluding tert-OH is 1. The van der Waals surface area contributed by atoms with Crippen LogP contribution in [0.15, 0.2) is 78.9 Å². The van der Waals surface area contributed by atoms with Crippen molar-refractivity contribution >= 4 is 23.4 Å².